The summed E-state index contributed by atoms with van der Waals surface area (Å²) < 4.78 is 43.5. The van der Waals surface area contributed by atoms with E-state index in [0.29, 0.717) is 12.8 Å². The fourth-order valence-corrected chi connectivity index (χ4v) is 2.78. The molecule has 110 valence electrons. The minimum absolute atomic E-state index is 0.138. The Morgan fingerprint density at radius 1 is 1.30 bits per heavy atom. The number of hydrogen-bond acceptors (Lipinski definition) is 2. The molecule has 0 amide bonds. The smallest absolute Gasteiger partial charge is 0.416 e. The van der Waals surface area contributed by atoms with Crippen molar-refractivity contribution in [3.05, 3.63) is 29.8 Å². The number of halogens is 3. The summed E-state index contributed by atoms with van der Waals surface area (Å²) in [6, 6.07) is 4.80. The molecule has 2 nitrogen and oxygen atoms in total. The number of ketones is 1. The highest BCUT2D eigenvalue weighted by molar-refractivity contribution is 5.92. The summed E-state index contributed by atoms with van der Waals surface area (Å²) in [5.41, 5.74) is -1.27. The Morgan fingerprint density at radius 3 is 2.45 bits per heavy atom. The normalized spacial score (nSPS) is 21.4. The van der Waals surface area contributed by atoms with Crippen LogP contribution in [0.25, 0.3) is 0 Å². The van der Waals surface area contributed by atoms with Crippen LogP contribution in [0.1, 0.15) is 38.7 Å². The van der Waals surface area contributed by atoms with E-state index in [-0.39, 0.29) is 24.1 Å². The van der Waals surface area contributed by atoms with Crippen LogP contribution in [0, 0.1) is 5.41 Å². The molecule has 0 heterocycles. The summed E-state index contributed by atoms with van der Waals surface area (Å²) in [7, 11) is 0. The van der Waals surface area contributed by atoms with Crippen molar-refractivity contribution in [1.29, 1.82) is 0 Å². The molecule has 1 atom stereocenters. The third kappa shape index (κ3) is 2.41. The largest absolute Gasteiger partial charge is 0.489 e. The number of rotatable bonds is 4. The van der Waals surface area contributed by atoms with Gasteiger partial charge in [0.15, 0.2) is 0 Å². The van der Waals surface area contributed by atoms with Gasteiger partial charge < -0.3 is 4.74 Å². The number of carbonyl (C=O) groups is 1. The van der Waals surface area contributed by atoms with Gasteiger partial charge >= 0.3 is 6.18 Å². The van der Waals surface area contributed by atoms with E-state index in [4.69, 9.17) is 4.74 Å². The molecule has 5 heteroatoms. The van der Waals surface area contributed by atoms with Crippen LogP contribution in [-0.2, 0) is 11.0 Å². The molecule has 1 aromatic carbocycles. The molecule has 0 aliphatic heterocycles. The number of carbonyl (C=O) groups excluding carboxylic acids is 1. The highest BCUT2D eigenvalue weighted by atomic mass is 19.4. The average Bonchev–Trinajstić information content (AvgIpc) is 2.39. The standard InChI is InChI=1S/C15H17F3O2/c1-3-14(4-2)12(19)9-13(14)20-11-7-5-6-10(8-11)15(16,17)18/h5-8,13H,3-4,9H2,1-2H3. The summed E-state index contributed by atoms with van der Waals surface area (Å²) in [6.07, 6.45) is -3.15. The number of alkyl halides is 3. The summed E-state index contributed by atoms with van der Waals surface area (Å²) in [5.74, 6) is 0.308. The minimum Gasteiger partial charge on any atom is -0.489 e. The Morgan fingerprint density at radius 2 is 1.95 bits per heavy atom. The molecule has 0 radical (unpaired) electrons. The maximum absolute atomic E-state index is 12.6. The highest BCUT2D eigenvalue weighted by Crippen LogP contribution is 2.46. The van der Waals surface area contributed by atoms with Crippen LogP contribution in [0.5, 0.6) is 5.75 Å². The molecular weight excluding hydrogens is 269 g/mol. The van der Waals surface area contributed by atoms with Gasteiger partial charge in [-0.05, 0) is 31.0 Å². The van der Waals surface area contributed by atoms with Gasteiger partial charge in [-0.25, -0.2) is 0 Å². The molecule has 0 bridgehead atoms. The molecule has 0 aromatic heterocycles. The van der Waals surface area contributed by atoms with Crippen molar-refractivity contribution in [1.82, 2.24) is 0 Å². The third-order valence-electron chi connectivity index (χ3n) is 4.24. The van der Waals surface area contributed by atoms with Gasteiger partial charge in [0.25, 0.3) is 0 Å². The predicted molar refractivity (Wildman–Crippen MR) is 68.5 cm³/mol. The molecule has 0 spiro atoms. The topological polar surface area (TPSA) is 26.3 Å². The van der Waals surface area contributed by atoms with Gasteiger partial charge in [-0.1, -0.05) is 19.9 Å². The van der Waals surface area contributed by atoms with Gasteiger partial charge in [-0.3, -0.25) is 4.79 Å². The van der Waals surface area contributed by atoms with E-state index in [1.807, 2.05) is 13.8 Å². The molecule has 2 rings (SSSR count). The molecule has 20 heavy (non-hydrogen) atoms. The molecular formula is C15H17F3O2. The van der Waals surface area contributed by atoms with Crippen LogP contribution in [0.3, 0.4) is 0 Å². The second-order valence-corrected chi connectivity index (χ2v) is 5.12. The Labute approximate surface area is 115 Å². The molecule has 1 aromatic rings. The maximum Gasteiger partial charge on any atom is 0.416 e. The van der Waals surface area contributed by atoms with Crippen LogP contribution >= 0.6 is 0 Å². The van der Waals surface area contributed by atoms with Crippen molar-refractivity contribution in [3.8, 4) is 5.75 Å². The van der Waals surface area contributed by atoms with Crippen LogP contribution in [0.2, 0.25) is 0 Å². The lowest BCUT2D eigenvalue weighted by atomic mass is 9.61. The fourth-order valence-electron chi connectivity index (χ4n) is 2.78. The lowest BCUT2D eigenvalue weighted by Gasteiger charge is -2.46. The van der Waals surface area contributed by atoms with Crippen molar-refractivity contribution >= 4 is 5.78 Å². The van der Waals surface area contributed by atoms with E-state index in [1.54, 1.807) is 0 Å². The number of benzene rings is 1. The molecule has 1 aliphatic rings. The van der Waals surface area contributed by atoms with Crippen molar-refractivity contribution in [3.63, 3.8) is 0 Å². The SMILES string of the molecule is CCC1(CC)C(=O)CC1Oc1cccc(C(F)(F)F)c1. The Hall–Kier alpha value is -1.52. The summed E-state index contributed by atoms with van der Waals surface area (Å²) in [5, 5.41) is 0. The Bertz CT molecular complexity index is 504. The van der Waals surface area contributed by atoms with E-state index in [2.05, 4.69) is 0 Å². The van der Waals surface area contributed by atoms with Crippen molar-refractivity contribution in [2.75, 3.05) is 0 Å². The second kappa shape index (κ2) is 5.11. The number of Topliss-reactive ketones (excluding diaryl/α,β-unsaturated/α-hetero) is 1. The zero-order valence-corrected chi connectivity index (χ0v) is 11.5. The Kier molecular flexibility index (Phi) is 3.80. The first-order chi connectivity index (χ1) is 9.33. The van der Waals surface area contributed by atoms with E-state index in [9.17, 15) is 18.0 Å². The maximum atomic E-state index is 12.6. The quantitative estimate of drug-likeness (QED) is 0.828. The molecule has 0 saturated heterocycles. The summed E-state index contributed by atoms with van der Waals surface area (Å²) >= 11 is 0. The first-order valence-electron chi connectivity index (χ1n) is 6.70. The third-order valence-corrected chi connectivity index (χ3v) is 4.24. The van der Waals surface area contributed by atoms with Crippen LogP contribution in [0.4, 0.5) is 13.2 Å². The zero-order chi connectivity index (χ0) is 15.0. The van der Waals surface area contributed by atoms with Gasteiger partial charge in [0.1, 0.15) is 17.6 Å². The van der Waals surface area contributed by atoms with Crippen LogP contribution in [0.15, 0.2) is 24.3 Å². The first-order valence-corrected chi connectivity index (χ1v) is 6.70. The lowest BCUT2D eigenvalue weighted by molar-refractivity contribution is -0.153. The van der Waals surface area contributed by atoms with E-state index in [1.165, 1.54) is 12.1 Å². The molecule has 0 N–H and O–H groups in total. The first kappa shape index (κ1) is 14.9. The van der Waals surface area contributed by atoms with Gasteiger partial charge in [0.05, 0.1) is 11.0 Å². The molecule has 1 aliphatic carbocycles. The Balaban J connectivity index is 2.17. The number of hydrogen-bond donors (Lipinski definition) is 0. The lowest BCUT2D eigenvalue weighted by Crippen LogP contribution is -2.56. The van der Waals surface area contributed by atoms with Crippen molar-refractivity contribution in [2.45, 2.75) is 45.4 Å². The predicted octanol–water partition coefficient (Wildman–Crippen LogP) is 4.23. The highest BCUT2D eigenvalue weighted by Gasteiger charge is 2.53. The molecule has 1 saturated carbocycles. The zero-order valence-electron chi connectivity index (χ0n) is 11.5. The fraction of sp³-hybridized carbons (Fsp3) is 0.533. The average molecular weight is 286 g/mol. The van der Waals surface area contributed by atoms with Crippen molar-refractivity contribution < 1.29 is 22.7 Å². The van der Waals surface area contributed by atoms with E-state index < -0.39 is 17.2 Å². The monoisotopic (exact) mass is 286 g/mol. The van der Waals surface area contributed by atoms with Gasteiger partial charge in [-0.15, -0.1) is 0 Å². The van der Waals surface area contributed by atoms with Crippen LogP contribution < -0.4 is 4.74 Å². The summed E-state index contributed by atoms with van der Waals surface area (Å²) in [4.78, 5) is 11.8. The molecule has 1 unspecified atom stereocenters. The van der Waals surface area contributed by atoms with Gasteiger partial charge in [-0.2, -0.15) is 13.2 Å². The second-order valence-electron chi connectivity index (χ2n) is 5.12. The summed E-state index contributed by atoms with van der Waals surface area (Å²) in [6.45, 7) is 3.81. The molecule has 1 fully saturated rings. The van der Waals surface area contributed by atoms with Crippen molar-refractivity contribution in [2.24, 2.45) is 5.41 Å². The van der Waals surface area contributed by atoms with E-state index >= 15 is 0 Å². The van der Waals surface area contributed by atoms with Crippen LogP contribution in [-0.4, -0.2) is 11.9 Å². The van der Waals surface area contributed by atoms with E-state index in [0.717, 1.165) is 12.1 Å². The van der Waals surface area contributed by atoms with Gasteiger partial charge in [0.2, 0.25) is 0 Å². The minimum atomic E-state index is -4.39. The van der Waals surface area contributed by atoms with Gasteiger partial charge in [0, 0.05) is 6.42 Å². The number of ether oxygens (including phenoxy) is 1.